The third kappa shape index (κ3) is 2.88. The molecule has 0 atom stereocenters. The topological polar surface area (TPSA) is 38.3 Å². The van der Waals surface area contributed by atoms with Gasteiger partial charge in [-0.2, -0.15) is 0 Å². The first kappa shape index (κ1) is 15.1. The summed E-state index contributed by atoms with van der Waals surface area (Å²) in [6.07, 6.45) is 4.59. The zero-order valence-electron chi connectivity index (χ0n) is 12.8. The van der Waals surface area contributed by atoms with E-state index in [-0.39, 0.29) is 11.3 Å². The van der Waals surface area contributed by atoms with Crippen molar-refractivity contribution in [3.8, 4) is 5.75 Å². The Balaban J connectivity index is 1.81. The summed E-state index contributed by atoms with van der Waals surface area (Å²) in [5.41, 5.74) is 1.22. The maximum atomic E-state index is 12.3. The van der Waals surface area contributed by atoms with Crippen LogP contribution in [0.5, 0.6) is 5.75 Å². The molecule has 1 N–H and O–H groups in total. The molecule has 0 saturated heterocycles. The molecule has 0 spiro atoms. The number of benzene rings is 1. The molecule has 2 aromatic rings. The number of hydrogen-bond donors (Lipinski definition) is 1. The van der Waals surface area contributed by atoms with E-state index in [2.05, 4.69) is 17.4 Å². The van der Waals surface area contributed by atoms with Gasteiger partial charge in [-0.3, -0.25) is 4.79 Å². The van der Waals surface area contributed by atoms with Gasteiger partial charge in [-0.25, -0.2) is 0 Å². The molecule has 1 aliphatic rings. The van der Waals surface area contributed by atoms with Crippen molar-refractivity contribution in [2.24, 2.45) is 0 Å². The van der Waals surface area contributed by atoms with Gasteiger partial charge in [0.15, 0.2) is 0 Å². The number of carbonyl (C=O) groups is 1. The van der Waals surface area contributed by atoms with E-state index in [1.165, 1.54) is 29.7 Å². The predicted octanol–water partition coefficient (Wildman–Crippen LogP) is 4.00. The third-order valence-corrected chi connectivity index (χ3v) is 5.44. The fraction of sp³-hybridized carbons (Fsp3) is 0.389. The van der Waals surface area contributed by atoms with Crippen LogP contribution in [0.3, 0.4) is 0 Å². The molecule has 0 bridgehead atoms. The maximum Gasteiger partial charge on any atom is 0.261 e. The SMILES string of the molecule is COc1ccccc1C1(CNC(=O)c2cccs2)CCCC1. The molecule has 22 heavy (non-hydrogen) atoms. The lowest BCUT2D eigenvalue weighted by molar-refractivity contribution is 0.0947. The Hall–Kier alpha value is -1.81. The number of thiophene rings is 1. The van der Waals surface area contributed by atoms with Crippen molar-refractivity contribution in [1.82, 2.24) is 5.32 Å². The summed E-state index contributed by atoms with van der Waals surface area (Å²) in [7, 11) is 1.71. The van der Waals surface area contributed by atoms with Crippen molar-refractivity contribution in [3.63, 3.8) is 0 Å². The van der Waals surface area contributed by atoms with Crippen molar-refractivity contribution in [1.29, 1.82) is 0 Å². The van der Waals surface area contributed by atoms with Crippen molar-refractivity contribution in [2.45, 2.75) is 31.1 Å². The zero-order valence-corrected chi connectivity index (χ0v) is 13.6. The molecule has 3 rings (SSSR count). The Morgan fingerprint density at radius 3 is 2.68 bits per heavy atom. The van der Waals surface area contributed by atoms with Crippen molar-refractivity contribution in [2.75, 3.05) is 13.7 Å². The van der Waals surface area contributed by atoms with Gasteiger partial charge < -0.3 is 10.1 Å². The first-order valence-corrected chi connectivity index (χ1v) is 8.58. The number of nitrogens with one attached hydrogen (secondary N) is 1. The molecule has 1 heterocycles. The summed E-state index contributed by atoms with van der Waals surface area (Å²) in [5, 5.41) is 5.06. The summed E-state index contributed by atoms with van der Waals surface area (Å²) in [4.78, 5) is 13.0. The van der Waals surface area contributed by atoms with Crippen LogP contribution in [0, 0.1) is 0 Å². The summed E-state index contributed by atoms with van der Waals surface area (Å²) >= 11 is 1.48. The van der Waals surface area contributed by atoms with Crippen LogP contribution in [0.25, 0.3) is 0 Å². The van der Waals surface area contributed by atoms with Crippen LogP contribution in [0.15, 0.2) is 41.8 Å². The summed E-state index contributed by atoms with van der Waals surface area (Å²) in [5.74, 6) is 0.950. The van der Waals surface area contributed by atoms with Crippen molar-refractivity contribution in [3.05, 3.63) is 52.2 Å². The fourth-order valence-electron chi connectivity index (χ4n) is 3.42. The second-order valence-corrected chi connectivity index (χ2v) is 6.80. The summed E-state index contributed by atoms with van der Waals surface area (Å²) in [6, 6.07) is 12.0. The highest BCUT2D eigenvalue weighted by molar-refractivity contribution is 7.12. The largest absolute Gasteiger partial charge is 0.496 e. The lowest BCUT2D eigenvalue weighted by atomic mass is 9.78. The van der Waals surface area contributed by atoms with Crippen LogP contribution < -0.4 is 10.1 Å². The van der Waals surface area contributed by atoms with E-state index in [4.69, 9.17) is 4.74 Å². The van der Waals surface area contributed by atoms with Crippen LogP contribution in [0.2, 0.25) is 0 Å². The monoisotopic (exact) mass is 315 g/mol. The van der Waals surface area contributed by atoms with E-state index in [1.54, 1.807) is 7.11 Å². The summed E-state index contributed by atoms with van der Waals surface area (Å²) in [6.45, 7) is 0.671. The minimum atomic E-state index is -0.000473. The van der Waals surface area contributed by atoms with E-state index in [1.807, 2.05) is 29.6 Å². The second kappa shape index (κ2) is 6.53. The minimum Gasteiger partial charge on any atom is -0.496 e. The van der Waals surface area contributed by atoms with Gasteiger partial charge in [-0.1, -0.05) is 37.1 Å². The molecule has 1 fully saturated rings. The van der Waals surface area contributed by atoms with Crippen LogP contribution in [-0.4, -0.2) is 19.6 Å². The molecule has 0 unspecified atom stereocenters. The minimum absolute atomic E-state index is 0.000473. The average molecular weight is 315 g/mol. The number of hydrogen-bond acceptors (Lipinski definition) is 3. The molecule has 0 aliphatic heterocycles. The van der Waals surface area contributed by atoms with Gasteiger partial charge in [0.25, 0.3) is 5.91 Å². The first-order chi connectivity index (χ1) is 10.7. The average Bonchev–Trinajstić information content (AvgIpc) is 3.25. The van der Waals surface area contributed by atoms with Gasteiger partial charge >= 0.3 is 0 Å². The van der Waals surface area contributed by atoms with Crippen LogP contribution in [0.4, 0.5) is 0 Å². The Kier molecular flexibility index (Phi) is 4.48. The first-order valence-electron chi connectivity index (χ1n) is 7.70. The Labute approximate surface area is 135 Å². The Morgan fingerprint density at radius 1 is 1.23 bits per heavy atom. The Bertz CT molecular complexity index is 630. The lowest BCUT2D eigenvalue weighted by Crippen LogP contribution is -2.39. The predicted molar refractivity (Wildman–Crippen MR) is 89.8 cm³/mol. The third-order valence-electron chi connectivity index (χ3n) is 4.57. The molecule has 1 saturated carbocycles. The van der Waals surface area contributed by atoms with Gasteiger partial charge in [0.1, 0.15) is 5.75 Å². The normalized spacial score (nSPS) is 16.4. The number of ether oxygens (including phenoxy) is 1. The highest BCUT2D eigenvalue weighted by atomic mass is 32.1. The molecule has 4 heteroatoms. The molecule has 116 valence electrons. The summed E-state index contributed by atoms with van der Waals surface area (Å²) < 4.78 is 5.55. The van der Waals surface area contributed by atoms with Gasteiger partial charge in [0.05, 0.1) is 12.0 Å². The number of para-hydroxylation sites is 1. The fourth-order valence-corrected chi connectivity index (χ4v) is 4.06. The van der Waals surface area contributed by atoms with E-state index >= 15 is 0 Å². The van der Waals surface area contributed by atoms with Crippen LogP contribution >= 0.6 is 11.3 Å². The van der Waals surface area contributed by atoms with Gasteiger partial charge in [-0.15, -0.1) is 11.3 Å². The molecule has 1 aromatic carbocycles. The molecule has 0 radical (unpaired) electrons. The van der Waals surface area contributed by atoms with E-state index < -0.39 is 0 Å². The number of carbonyl (C=O) groups excluding carboxylic acids is 1. The van der Waals surface area contributed by atoms with E-state index in [0.717, 1.165) is 23.5 Å². The van der Waals surface area contributed by atoms with E-state index in [0.29, 0.717) is 6.54 Å². The van der Waals surface area contributed by atoms with Gasteiger partial charge in [0, 0.05) is 17.5 Å². The quantitative estimate of drug-likeness (QED) is 0.905. The molecular weight excluding hydrogens is 294 g/mol. The molecule has 3 nitrogen and oxygen atoms in total. The van der Waals surface area contributed by atoms with Crippen LogP contribution in [0.1, 0.15) is 40.9 Å². The highest BCUT2D eigenvalue weighted by Crippen LogP contribution is 2.44. The molecule has 1 amide bonds. The number of amides is 1. The van der Waals surface area contributed by atoms with Gasteiger partial charge in [-0.05, 0) is 30.4 Å². The number of rotatable bonds is 5. The van der Waals surface area contributed by atoms with E-state index in [9.17, 15) is 4.79 Å². The molecule has 1 aliphatic carbocycles. The Morgan fingerprint density at radius 2 is 2.00 bits per heavy atom. The lowest BCUT2D eigenvalue weighted by Gasteiger charge is -2.31. The highest BCUT2D eigenvalue weighted by Gasteiger charge is 2.38. The smallest absolute Gasteiger partial charge is 0.261 e. The standard InChI is InChI=1S/C18H21NO2S/c1-21-15-8-3-2-7-14(15)18(10-4-5-11-18)13-19-17(20)16-9-6-12-22-16/h2-3,6-9,12H,4-5,10-11,13H2,1H3,(H,19,20). The second-order valence-electron chi connectivity index (χ2n) is 5.85. The zero-order chi connectivity index (χ0) is 15.4. The molecule has 1 aromatic heterocycles. The number of methoxy groups -OCH3 is 1. The maximum absolute atomic E-state index is 12.3. The van der Waals surface area contributed by atoms with Crippen molar-refractivity contribution < 1.29 is 9.53 Å². The van der Waals surface area contributed by atoms with Crippen molar-refractivity contribution >= 4 is 17.2 Å². The molecular formula is C18H21NO2S. The van der Waals surface area contributed by atoms with Gasteiger partial charge in [0.2, 0.25) is 0 Å². The van der Waals surface area contributed by atoms with Crippen LogP contribution in [-0.2, 0) is 5.41 Å².